The number of halogens is 1. The second kappa shape index (κ2) is 4.92. The van der Waals surface area contributed by atoms with Crippen molar-refractivity contribution in [3.63, 3.8) is 0 Å². The van der Waals surface area contributed by atoms with Crippen LogP contribution in [0.4, 0.5) is 5.82 Å². The van der Waals surface area contributed by atoms with Crippen molar-refractivity contribution in [3.8, 4) is 0 Å². The van der Waals surface area contributed by atoms with E-state index in [-0.39, 0.29) is 0 Å². The highest BCUT2D eigenvalue weighted by molar-refractivity contribution is 9.10. The molecular formula is C11H16BrN3. The smallest absolute Gasteiger partial charge is 0.130 e. The van der Waals surface area contributed by atoms with E-state index in [0.29, 0.717) is 0 Å². The van der Waals surface area contributed by atoms with Gasteiger partial charge in [0.25, 0.3) is 0 Å². The Morgan fingerprint density at radius 3 is 2.80 bits per heavy atom. The lowest BCUT2D eigenvalue weighted by Gasteiger charge is -2.11. The fraction of sp³-hybridized carbons (Fsp3) is 0.636. The molecule has 0 spiro atoms. The van der Waals surface area contributed by atoms with Crippen LogP contribution < -0.4 is 5.32 Å². The van der Waals surface area contributed by atoms with E-state index in [0.717, 1.165) is 28.7 Å². The molecule has 4 heteroatoms. The first-order valence-electron chi connectivity index (χ1n) is 5.49. The Morgan fingerprint density at radius 2 is 2.13 bits per heavy atom. The summed E-state index contributed by atoms with van der Waals surface area (Å²) in [6.07, 6.45) is 5.49. The summed E-state index contributed by atoms with van der Waals surface area (Å²) in [7, 11) is 0. The average molecular weight is 270 g/mol. The monoisotopic (exact) mass is 269 g/mol. The highest BCUT2D eigenvalue weighted by Crippen LogP contribution is 2.24. The molecule has 0 aliphatic heterocycles. The summed E-state index contributed by atoms with van der Waals surface area (Å²) >= 11 is 3.38. The molecule has 1 heterocycles. The quantitative estimate of drug-likeness (QED) is 0.857. The fourth-order valence-electron chi connectivity index (χ4n) is 2.09. The topological polar surface area (TPSA) is 37.8 Å². The first kappa shape index (κ1) is 10.9. The lowest BCUT2D eigenvalue weighted by Crippen LogP contribution is -2.12. The molecule has 15 heavy (non-hydrogen) atoms. The fourth-order valence-corrected chi connectivity index (χ4v) is 2.56. The van der Waals surface area contributed by atoms with E-state index in [1.165, 1.54) is 25.7 Å². The molecule has 1 fully saturated rings. The largest absolute Gasteiger partial charge is 0.370 e. The van der Waals surface area contributed by atoms with Crippen LogP contribution in [0, 0.1) is 12.8 Å². The van der Waals surface area contributed by atoms with Crippen molar-refractivity contribution in [2.75, 3.05) is 11.9 Å². The normalized spacial score (nSPS) is 16.9. The van der Waals surface area contributed by atoms with Crippen molar-refractivity contribution >= 4 is 21.7 Å². The number of hydrogen-bond donors (Lipinski definition) is 1. The Bertz CT molecular complexity index is 314. The molecule has 1 aromatic rings. The van der Waals surface area contributed by atoms with Gasteiger partial charge in [-0.2, -0.15) is 0 Å². The zero-order valence-corrected chi connectivity index (χ0v) is 10.5. The van der Waals surface area contributed by atoms with Gasteiger partial charge < -0.3 is 5.32 Å². The summed E-state index contributed by atoms with van der Waals surface area (Å²) in [6, 6.07) is 1.93. The van der Waals surface area contributed by atoms with Crippen molar-refractivity contribution in [2.45, 2.75) is 32.6 Å². The molecule has 0 atom stereocenters. The van der Waals surface area contributed by atoms with Crippen LogP contribution in [0.25, 0.3) is 0 Å². The lowest BCUT2D eigenvalue weighted by molar-refractivity contribution is 0.578. The van der Waals surface area contributed by atoms with Gasteiger partial charge in [0.1, 0.15) is 16.2 Å². The first-order chi connectivity index (χ1) is 7.24. The molecular weight excluding hydrogens is 254 g/mol. The molecule has 0 amide bonds. The number of hydrogen-bond acceptors (Lipinski definition) is 3. The third-order valence-electron chi connectivity index (χ3n) is 2.85. The third kappa shape index (κ3) is 3.16. The van der Waals surface area contributed by atoms with Crippen LogP contribution in [0.1, 0.15) is 31.5 Å². The van der Waals surface area contributed by atoms with Crippen molar-refractivity contribution in [1.29, 1.82) is 0 Å². The number of aromatic nitrogens is 2. The van der Waals surface area contributed by atoms with Crippen LogP contribution in [0.15, 0.2) is 10.7 Å². The van der Waals surface area contributed by atoms with Crippen LogP contribution in [0.5, 0.6) is 0 Å². The minimum absolute atomic E-state index is 0.804. The van der Waals surface area contributed by atoms with E-state index in [1.54, 1.807) is 0 Å². The maximum atomic E-state index is 4.34. The van der Waals surface area contributed by atoms with E-state index in [9.17, 15) is 0 Å². The standard InChI is InChI=1S/C11H16BrN3/c1-8-14-10(12)6-11(15-8)13-7-9-4-2-3-5-9/h6,9H,2-5,7H2,1H3,(H,13,14,15). The second-order valence-electron chi connectivity index (χ2n) is 4.15. The highest BCUT2D eigenvalue weighted by atomic mass is 79.9. The highest BCUT2D eigenvalue weighted by Gasteiger charge is 2.14. The second-order valence-corrected chi connectivity index (χ2v) is 4.97. The van der Waals surface area contributed by atoms with Crippen molar-refractivity contribution in [1.82, 2.24) is 9.97 Å². The molecule has 1 aliphatic rings. The summed E-state index contributed by atoms with van der Waals surface area (Å²) in [5.41, 5.74) is 0. The summed E-state index contributed by atoms with van der Waals surface area (Å²) in [6.45, 7) is 2.95. The summed E-state index contributed by atoms with van der Waals surface area (Å²) in [5.74, 6) is 2.57. The zero-order valence-electron chi connectivity index (χ0n) is 8.96. The SMILES string of the molecule is Cc1nc(Br)cc(NCC2CCCC2)n1. The Balaban J connectivity index is 1.92. The van der Waals surface area contributed by atoms with Gasteiger partial charge in [-0.3, -0.25) is 0 Å². The lowest BCUT2D eigenvalue weighted by atomic mass is 10.1. The van der Waals surface area contributed by atoms with Gasteiger partial charge in [0.15, 0.2) is 0 Å². The van der Waals surface area contributed by atoms with Gasteiger partial charge >= 0.3 is 0 Å². The van der Waals surface area contributed by atoms with Gasteiger partial charge in [-0.25, -0.2) is 9.97 Å². The van der Waals surface area contributed by atoms with E-state index < -0.39 is 0 Å². The Hall–Kier alpha value is -0.640. The van der Waals surface area contributed by atoms with Gasteiger partial charge in [-0.05, 0) is 41.6 Å². The Labute approximate surface area is 98.8 Å². The van der Waals surface area contributed by atoms with Gasteiger partial charge in [-0.1, -0.05) is 12.8 Å². The van der Waals surface area contributed by atoms with E-state index in [2.05, 4.69) is 31.2 Å². The Morgan fingerprint density at radius 1 is 1.40 bits per heavy atom. The zero-order chi connectivity index (χ0) is 10.7. The molecule has 1 saturated carbocycles. The molecule has 1 N–H and O–H groups in total. The van der Waals surface area contributed by atoms with Crippen LogP contribution in [0.2, 0.25) is 0 Å². The first-order valence-corrected chi connectivity index (χ1v) is 6.28. The van der Waals surface area contributed by atoms with Crippen LogP contribution in [0.3, 0.4) is 0 Å². The van der Waals surface area contributed by atoms with Gasteiger partial charge in [-0.15, -0.1) is 0 Å². The van der Waals surface area contributed by atoms with Crippen LogP contribution >= 0.6 is 15.9 Å². The molecule has 0 aromatic carbocycles. The van der Waals surface area contributed by atoms with Crippen molar-refractivity contribution in [3.05, 3.63) is 16.5 Å². The van der Waals surface area contributed by atoms with Gasteiger partial charge in [0.2, 0.25) is 0 Å². The predicted octanol–water partition coefficient (Wildman–Crippen LogP) is 3.15. The minimum atomic E-state index is 0.804. The van der Waals surface area contributed by atoms with Gasteiger partial charge in [0, 0.05) is 12.6 Å². The minimum Gasteiger partial charge on any atom is -0.370 e. The van der Waals surface area contributed by atoms with E-state index in [1.807, 2.05) is 13.0 Å². The van der Waals surface area contributed by atoms with Crippen molar-refractivity contribution < 1.29 is 0 Å². The molecule has 0 bridgehead atoms. The van der Waals surface area contributed by atoms with Crippen LogP contribution in [-0.2, 0) is 0 Å². The van der Waals surface area contributed by atoms with E-state index in [4.69, 9.17) is 0 Å². The van der Waals surface area contributed by atoms with Crippen molar-refractivity contribution in [2.24, 2.45) is 5.92 Å². The molecule has 0 saturated heterocycles. The van der Waals surface area contributed by atoms with Crippen LogP contribution in [-0.4, -0.2) is 16.5 Å². The molecule has 82 valence electrons. The molecule has 1 aliphatic carbocycles. The van der Waals surface area contributed by atoms with Gasteiger partial charge in [0.05, 0.1) is 0 Å². The summed E-state index contributed by atoms with van der Waals surface area (Å²) in [5, 5.41) is 3.39. The third-order valence-corrected chi connectivity index (χ3v) is 3.26. The maximum absolute atomic E-state index is 4.34. The predicted molar refractivity (Wildman–Crippen MR) is 64.9 cm³/mol. The maximum Gasteiger partial charge on any atom is 0.130 e. The number of aryl methyl sites for hydroxylation is 1. The molecule has 3 nitrogen and oxygen atoms in total. The Kier molecular flexibility index (Phi) is 3.57. The molecule has 2 rings (SSSR count). The number of anilines is 1. The number of nitrogens with zero attached hydrogens (tertiary/aromatic N) is 2. The summed E-state index contributed by atoms with van der Waals surface area (Å²) in [4.78, 5) is 8.52. The number of nitrogens with one attached hydrogen (secondary N) is 1. The number of rotatable bonds is 3. The molecule has 0 unspecified atom stereocenters. The molecule has 1 aromatic heterocycles. The summed E-state index contributed by atoms with van der Waals surface area (Å²) < 4.78 is 0.851. The average Bonchev–Trinajstić information content (AvgIpc) is 2.65. The molecule has 0 radical (unpaired) electrons. The van der Waals surface area contributed by atoms with E-state index >= 15 is 0 Å².